The van der Waals surface area contributed by atoms with Crippen molar-refractivity contribution in [3.8, 4) is 11.5 Å². The molecule has 2 unspecified atom stereocenters. The van der Waals surface area contributed by atoms with Crippen molar-refractivity contribution in [2.75, 3.05) is 24.7 Å². The number of aliphatic hydroxyl groups is 1. The van der Waals surface area contributed by atoms with Gasteiger partial charge in [-0.3, -0.25) is 5.32 Å². The van der Waals surface area contributed by atoms with Crippen LogP contribution < -0.4 is 19.7 Å². The Balaban J connectivity index is 1.36. The minimum absolute atomic E-state index is 0.0698. The van der Waals surface area contributed by atoms with Crippen LogP contribution in [0.5, 0.6) is 11.5 Å². The summed E-state index contributed by atoms with van der Waals surface area (Å²) in [5.41, 5.74) is 3.19. The van der Waals surface area contributed by atoms with Crippen LogP contribution in [-0.2, 0) is 6.42 Å². The molecular formula is C26H26N2O3S. The summed E-state index contributed by atoms with van der Waals surface area (Å²) in [7, 11) is 0. The summed E-state index contributed by atoms with van der Waals surface area (Å²) in [5.74, 6) is 1.52. The number of fused-ring (bicyclic) bond motifs is 1. The number of hydrogen-bond acceptors (Lipinski definition) is 6. The molecule has 3 aromatic carbocycles. The van der Waals surface area contributed by atoms with E-state index in [0.717, 1.165) is 40.6 Å². The molecule has 5 rings (SSSR count). The first-order valence-corrected chi connectivity index (χ1v) is 11.7. The van der Waals surface area contributed by atoms with Gasteiger partial charge in [0.25, 0.3) is 0 Å². The fraction of sp³-hybridized carbons (Fsp3) is 0.231. The van der Waals surface area contributed by atoms with Crippen molar-refractivity contribution in [3.63, 3.8) is 0 Å². The average Bonchev–Trinajstić information content (AvgIpc) is 3.15. The zero-order valence-electron chi connectivity index (χ0n) is 17.7. The van der Waals surface area contributed by atoms with Gasteiger partial charge in [-0.05, 0) is 47.9 Å². The second kappa shape index (κ2) is 9.69. The van der Waals surface area contributed by atoms with Gasteiger partial charge in [0.2, 0.25) is 0 Å². The van der Waals surface area contributed by atoms with E-state index >= 15 is 0 Å². The fourth-order valence-electron chi connectivity index (χ4n) is 3.94. The van der Waals surface area contributed by atoms with Crippen LogP contribution in [0.25, 0.3) is 6.08 Å². The van der Waals surface area contributed by atoms with Crippen LogP contribution in [0.1, 0.15) is 11.1 Å². The molecule has 0 amide bonds. The summed E-state index contributed by atoms with van der Waals surface area (Å²) in [6, 6.07) is 26.4. The van der Waals surface area contributed by atoms with Crippen molar-refractivity contribution in [1.82, 2.24) is 5.32 Å². The number of benzene rings is 3. The van der Waals surface area contributed by atoms with Crippen LogP contribution in [0.3, 0.4) is 0 Å². The largest absolute Gasteiger partial charge is 0.486 e. The molecule has 0 radical (unpaired) electrons. The second-order valence-electron chi connectivity index (χ2n) is 7.73. The molecule has 2 N–H and O–H groups in total. The molecule has 0 aliphatic carbocycles. The molecule has 2 aliphatic heterocycles. The van der Waals surface area contributed by atoms with Gasteiger partial charge in [-0.1, -0.05) is 66.4 Å². The van der Waals surface area contributed by atoms with Crippen molar-refractivity contribution in [1.29, 1.82) is 0 Å². The van der Waals surface area contributed by atoms with Gasteiger partial charge in [-0.25, -0.2) is 0 Å². The van der Waals surface area contributed by atoms with Gasteiger partial charge >= 0.3 is 0 Å². The lowest BCUT2D eigenvalue weighted by Gasteiger charge is -2.29. The van der Waals surface area contributed by atoms with Crippen molar-refractivity contribution < 1.29 is 14.6 Å². The van der Waals surface area contributed by atoms with Crippen LogP contribution in [0.4, 0.5) is 5.69 Å². The van der Waals surface area contributed by atoms with Gasteiger partial charge in [0.15, 0.2) is 17.7 Å². The molecular weight excluding hydrogens is 420 g/mol. The predicted molar refractivity (Wildman–Crippen MR) is 130 cm³/mol. The number of para-hydroxylation sites is 1. The quantitative estimate of drug-likeness (QED) is 0.582. The molecule has 1 fully saturated rings. The Hall–Kier alpha value is -2.93. The van der Waals surface area contributed by atoms with Gasteiger partial charge in [0, 0.05) is 17.1 Å². The molecule has 2 aliphatic rings. The Morgan fingerprint density at radius 2 is 1.66 bits per heavy atom. The summed E-state index contributed by atoms with van der Waals surface area (Å²) in [6.07, 6.45) is 2.23. The Morgan fingerprint density at radius 3 is 2.44 bits per heavy atom. The molecule has 164 valence electrons. The highest BCUT2D eigenvalue weighted by atomic mass is 32.2. The third kappa shape index (κ3) is 4.63. The Bertz CT molecular complexity index is 1070. The highest BCUT2D eigenvalue weighted by Gasteiger charge is 2.36. The number of nitrogens with one attached hydrogen (secondary N) is 1. The zero-order valence-corrected chi connectivity index (χ0v) is 18.5. The van der Waals surface area contributed by atoms with Crippen molar-refractivity contribution >= 4 is 23.5 Å². The molecule has 1 saturated heterocycles. The van der Waals surface area contributed by atoms with Gasteiger partial charge < -0.3 is 19.5 Å². The zero-order chi connectivity index (χ0) is 21.8. The van der Waals surface area contributed by atoms with E-state index in [0.29, 0.717) is 13.2 Å². The van der Waals surface area contributed by atoms with Crippen LogP contribution in [-0.4, -0.2) is 36.6 Å². The van der Waals surface area contributed by atoms with E-state index in [1.807, 2.05) is 65.6 Å². The number of rotatable bonds is 6. The van der Waals surface area contributed by atoms with E-state index in [1.54, 1.807) is 11.8 Å². The first-order chi connectivity index (χ1) is 15.8. The van der Waals surface area contributed by atoms with Gasteiger partial charge in [-0.2, -0.15) is 0 Å². The molecule has 3 aromatic rings. The fourth-order valence-corrected chi connectivity index (χ4v) is 5.18. The number of ether oxygens (including phenoxy) is 2. The monoisotopic (exact) mass is 446 g/mol. The maximum Gasteiger partial charge on any atom is 0.161 e. The topological polar surface area (TPSA) is 54.0 Å². The van der Waals surface area contributed by atoms with E-state index in [9.17, 15) is 5.11 Å². The van der Waals surface area contributed by atoms with Crippen molar-refractivity contribution in [2.45, 2.75) is 18.1 Å². The number of aliphatic hydroxyl groups excluding tert-OH is 1. The van der Waals surface area contributed by atoms with Gasteiger partial charge in [-0.15, -0.1) is 0 Å². The van der Waals surface area contributed by atoms with Crippen molar-refractivity contribution in [3.05, 3.63) is 94.9 Å². The third-order valence-corrected chi connectivity index (χ3v) is 6.74. The first-order valence-electron chi connectivity index (χ1n) is 10.8. The lowest BCUT2D eigenvalue weighted by atomic mass is 10.1. The maximum absolute atomic E-state index is 11.2. The smallest absolute Gasteiger partial charge is 0.161 e. The van der Waals surface area contributed by atoms with Crippen LogP contribution in [0.2, 0.25) is 0 Å². The summed E-state index contributed by atoms with van der Waals surface area (Å²) >= 11 is 1.64. The lowest BCUT2D eigenvalue weighted by molar-refractivity contribution is 0.171. The second-order valence-corrected chi connectivity index (χ2v) is 8.88. The summed E-state index contributed by atoms with van der Waals surface area (Å²) in [6.45, 7) is 1.94. The molecule has 2 atom stereocenters. The highest BCUT2D eigenvalue weighted by molar-refractivity contribution is 8.04. The number of anilines is 1. The van der Waals surface area contributed by atoms with E-state index in [2.05, 4.69) is 29.6 Å². The predicted octanol–water partition coefficient (Wildman–Crippen LogP) is 4.49. The average molecular weight is 447 g/mol. The standard InChI is InChI=1S/C26H26N2O3S/c29-25-24(18-20-11-12-22-23(17-20)31-16-15-30-22)32-26(28(25)21-9-5-2-6-10-21)27-14-13-19-7-3-1-4-8-19/h1-12,17-18,25-27,29H,13-16H2/b24-18-. The van der Waals surface area contributed by atoms with E-state index < -0.39 is 6.23 Å². The molecule has 6 heteroatoms. The molecule has 0 aromatic heterocycles. The molecule has 2 heterocycles. The van der Waals surface area contributed by atoms with Crippen LogP contribution >= 0.6 is 11.8 Å². The minimum Gasteiger partial charge on any atom is -0.486 e. The van der Waals surface area contributed by atoms with Gasteiger partial charge in [0.05, 0.1) is 0 Å². The minimum atomic E-state index is -0.732. The number of hydrogen-bond donors (Lipinski definition) is 2. The Labute approximate surface area is 192 Å². The number of thioether (sulfide) groups is 1. The molecule has 5 nitrogen and oxygen atoms in total. The summed E-state index contributed by atoms with van der Waals surface area (Å²) in [5, 5.41) is 14.8. The molecule has 0 saturated carbocycles. The van der Waals surface area contributed by atoms with Crippen LogP contribution in [0, 0.1) is 0 Å². The van der Waals surface area contributed by atoms with E-state index in [4.69, 9.17) is 9.47 Å². The molecule has 0 bridgehead atoms. The summed E-state index contributed by atoms with van der Waals surface area (Å²) in [4.78, 5) is 2.92. The normalized spacial score (nSPS) is 21.2. The van der Waals surface area contributed by atoms with Crippen molar-refractivity contribution in [2.24, 2.45) is 0 Å². The third-order valence-electron chi connectivity index (χ3n) is 5.52. The van der Waals surface area contributed by atoms with Gasteiger partial charge in [0.1, 0.15) is 18.7 Å². The highest BCUT2D eigenvalue weighted by Crippen LogP contribution is 2.41. The van der Waals surface area contributed by atoms with Crippen LogP contribution in [0.15, 0.2) is 83.8 Å². The van der Waals surface area contributed by atoms with E-state index in [-0.39, 0.29) is 5.50 Å². The summed E-state index contributed by atoms with van der Waals surface area (Å²) < 4.78 is 11.3. The maximum atomic E-state index is 11.2. The van der Waals surface area contributed by atoms with E-state index in [1.165, 1.54) is 5.56 Å². The SMILES string of the molecule is OC1/C(=C/c2ccc3c(c2)OCCO3)SC(NCCc2ccccc2)N1c1ccccc1. The molecule has 32 heavy (non-hydrogen) atoms. The lowest BCUT2D eigenvalue weighted by Crippen LogP contribution is -2.44. The first kappa shape index (κ1) is 20.9. The number of nitrogens with zero attached hydrogens (tertiary/aromatic N) is 1. The Morgan fingerprint density at radius 1 is 0.938 bits per heavy atom. The Kier molecular flexibility index (Phi) is 6.34. The molecule has 0 spiro atoms.